The molecule has 0 aromatic carbocycles. The third-order valence-electron chi connectivity index (χ3n) is 4.53. The van der Waals surface area contributed by atoms with Crippen molar-refractivity contribution < 1.29 is 5.11 Å². The van der Waals surface area contributed by atoms with Gasteiger partial charge in [0.2, 0.25) is 0 Å². The first-order chi connectivity index (χ1) is 9.70. The molecule has 2 aromatic rings. The van der Waals surface area contributed by atoms with E-state index in [0.29, 0.717) is 6.04 Å². The standard InChI is InChI=1S/C16H23N3O/c1-3-11-10-18-16-14(7-8-17-16)15(11)19(2)12-5-4-6-13(20)9-12/h7-8,10,12-13,20H,3-6,9H2,1-2H3,(H,17,18)/t12-,13-/m0/s1. The summed E-state index contributed by atoms with van der Waals surface area (Å²) in [4.78, 5) is 10.0. The van der Waals surface area contributed by atoms with E-state index >= 15 is 0 Å². The lowest BCUT2D eigenvalue weighted by Crippen LogP contribution is -2.38. The predicted octanol–water partition coefficient (Wildman–Crippen LogP) is 2.87. The molecule has 1 aliphatic rings. The van der Waals surface area contributed by atoms with Gasteiger partial charge in [-0.25, -0.2) is 4.98 Å². The second-order valence-electron chi connectivity index (χ2n) is 5.81. The van der Waals surface area contributed by atoms with Crippen LogP contribution in [0.4, 0.5) is 5.69 Å². The van der Waals surface area contributed by atoms with E-state index in [-0.39, 0.29) is 6.10 Å². The van der Waals surface area contributed by atoms with Gasteiger partial charge in [0.1, 0.15) is 5.65 Å². The number of nitrogens with zero attached hydrogens (tertiary/aromatic N) is 2. The highest BCUT2D eigenvalue weighted by molar-refractivity contribution is 5.91. The Bertz CT molecular complexity index is 592. The van der Waals surface area contributed by atoms with Gasteiger partial charge in [0, 0.05) is 30.9 Å². The lowest BCUT2D eigenvalue weighted by molar-refractivity contribution is 0.119. The molecule has 1 fully saturated rings. The second-order valence-corrected chi connectivity index (χ2v) is 5.81. The van der Waals surface area contributed by atoms with Gasteiger partial charge in [-0.05, 0) is 43.7 Å². The molecule has 2 aromatic heterocycles. The zero-order valence-electron chi connectivity index (χ0n) is 12.3. The van der Waals surface area contributed by atoms with Gasteiger partial charge in [0.05, 0.1) is 11.8 Å². The number of fused-ring (bicyclic) bond motifs is 1. The van der Waals surface area contributed by atoms with Crippen molar-refractivity contribution in [2.75, 3.05) is 11.9 Å². The van der Waals surface area contributed by atoms with Crippen LogP contribution in [0, 0.1) is 0 Å². The van der Waals surface area contributed by atoms with Crippen molar-refractivity contribution in [3.05, 3.63) is 24.0 Å². The molecule has 20 heavy (non-hydrogen) atoms. The third-order valence-corrected chi connectivity index (χ3v) is 4.53. The van der Waals surface area contributed by atoms with Crippen LogP contribution in [0.5, 0.6) is 0 Å². The summed E-state index contributed by atoms with van der Waals surface area (Å²) in [6.45, 7) is 2.17. The Balaban J connectivity index is 2.00. The molecule has 0 bridgehead atoms. The molecule has 1 aliphatic carbocycles. The van der Waals surface area contributed by atoms with E-state index in [1.807, 2.05) is 12.4 Å². The molecule has 2 heterocycles. The SMILES string of the molecule is CCc1cnc2[nH]ccc2c1N(C)[C@H]1CCC[C@H](O)C1. The fourth-order valence-corrected chi connectivity index (χ4v) is 3.38. The molecule has 108 valence electrons. The first-order valence-corrected chi connectivity index (χ1v) is 7.56. The van der Waals surface area contributed by atoms with Crippen LogP contribution < -0.4 is 4.90 Å². The lowest BCUT2D eigenvalue weighted by atomic mass is 9.91. The van der Waals surface area contributed by atoms with Gasteiger partial charge in [-0.3, -0.25) is 0 Å². The van der Waals surface area contributed by atoms with Crippen molar-refractivity contribution in [1.82, 2.24) is 9.97 Å². The number of hydrogen-bond donors (Lipinski definition) is 2. The Morgan fingerprint density at radius 1 is 1.45 bits per heavy atom. The second kappa shape index (κ2) is 5.44. The smallest absolute Gasteiger partial charge is 0.139 e. The summed E-state index contributed by atoms with van der Waals surface area (Å²) < 4.78 is 0. The summed E-state index contributed by atoms with van der Waals surface area (Å²) >= 11 is 0. The first-order valence-electron chi connectivity index (χ1n) is 7.56. The first kappa shape index (κ1) is 13.4. The Hall–Kier alpha value is -1.55. The number of aryl methyl sites for hydroxylation is 1. The Labute approximate surface area is 119 Å². The summed E-state index contributed by atoms with van der Waals surface area (Å²) in [6, 6.07) is 2.52. The molecule has 1 saturated carbocycles. The van der Waals surface area contributed by atoms with Crippen LogP contribution in [0.25, 0.3) is 11.0 Å². The number of aromatic amines is 1. The number of aliphatic hydroxyl groups is 1. The number of anilines is 1. The summed E-state index contributed by atoms with van der Waals surface area (Å²) in [5, 5.41) is 11.1. The molecule has 4 heteroatoms. The number of nitrogens with one attached hydrogen (secondary N) is 1. The predicted molar refractivity (Wildman–Crippen MR) is 82.1 cm³/mol. The van der Waals surface area contributed by atoms with Gasteiger partial charge >= 0.3 is 0 Å². The highest BCUT2D eigenvalue weighted by Gasteiger charge is 2.26. The molecular formula is C16H23N3O. The molecule has 0 aliphatic heterocycles. The van der Waals surface area contributed by atoms with E-state index in [1.165, 1.54) is 16.6 Å². The summed E-state index contributed by atoms with van der Waals surface area (Å²) in [6.07, 6.45) is 8.83. The van der Waals surface area contributed by atoms with E-state index in [4.69, 9.17) is 0 Å². The van der Waals surface area contributed by atoms with Gasteiger partial charge in [0.25, 0.3) is 0 Å². The van der Waals surface area contributed by atoms with Crippen molar-refractivity contribution in [2.45, 2.75) is 51.2 Å². The average Bonchev–Trinajstić information content (AvgIpc) is 2.93. The number of pyridine rings is 1. The van der Waals surface area contributed by atoms with Crippen molar-refractivity contribution in [3.63, 3.8) is 0 Å². The normalized spacial score (nSPS) is 23.1. The Morgan fingerprint density at radius 2 is 2.30 bits per heavy atom. The number of H-pyrrole nitrogens is 1. The van der Waals surface area contributed by atoms with Gasteiger partial charge in [0.15, 0.2) is 0 Å². The zero-order chi connectivity index (χ0) is 14.1. The van der Waals surface area contributed by atoms with Crippen LogP contribution in [0.15, 0.2) is 18.5 Å². The molecule has 0 saturated heterocycles. The minimum Gasteiger partial charge on any atom is -0.393 e. The molecule has 4 nitrogen and oxygen atoms in total. The van der Waals surface area contributed by atoms with Gasteiger partial charge < -0.3 is 15.0 Å². The van der Waals surface area contributed by atoms with Gasteiger partial charge in [-0.2, -0.15) is 0 Å². The van der Waals surface area contributed by atoms with Crippen molar-refractivity contribution >= 4 is 16.7 Å². The minimum atomic E-state index is -0.148. The van der Waals surface area contributed by atoms with Crippen LogP contribution in [-0.4, -0.2) is 34.3 Å². The number of aromatic nitrogens is 2. The minimum absolute atomic E-state index is 0.148. The van der Waals surface area contributed by atoms with Crippen molar-refractivity contribution in [2.24, 2.45) is 0 Å². The molecule has 0 amide bonds. The summed E-state index contributed by atoms with van der Waals surface area (Å²) in [5.74, 6) is 0. The fraction of sp³-hybridized carbons (Fsp3) is 0.562. The topological polar surface area (TPSA) is 52.2 Å². The number of aliphatic hydroxyl groups excluding tert-OH is 1. The van der Waals surface area contributed by atoms with Crippen LogP contribution in [0.2, 0.25) is 0 Å². The average molecular weight is 273 g/mol. The maximum atomic E-state index is 9.93. The molecule has 0 unspecified atom stereocenters. The van der Waals surface area contributed by atoms with Gasteiger partial charge in [-0.15, -0.1) is 0 Å². The van der Waals surface area contributed by atoms with E-state index < -0.39 is 0 Å². The Kier molecular flexibility index (Phi) is 3.66. The molecule has 2 N–H and O–H groups in total. The van der Waals surface area contributed by atoms with E-state index in [9.17, 15) is 5.11 Å². The Morgan fingerprint density at radius 3 is 3.05 bits per heavy atom. The lowest BCUT2D eigenvalue weighted by Gasteiger charge is -2.36. The molecule has 0 spiro atoms. The zero-order valence-corrected chi connectivity index (χ0v) is 12.3. The van der Waals surface area contributed by atoms with E-state index in [2.05, 4.69) is 34.9 Å². The molecule has 2 atom stereocenters. The quantitative estimate of drug-likeness (QED) is 0.904. The number of hydrogen-bond acceptors (Lipinski definition) is 3. The van der Waals surface area contributed by atoms with Gasteiger partial charge in [-0.1, -0.05) is 6.92 Å². The van der Waals surface area contributed by atoms with Crippen LogP contribution in [-0.2, 0) is 6.42 Å². The van der Waals surface area contributed by atoms with Crippen molar-refractivity contribution in [1.29, 1.82) is 0 Å². The third kappa shape index (κ3) is 2.29. The van der Waals surface area contributed by atoms with Crippen LogP contribution in [0.3, 0.4) is 0 Å². The maximum absolute atomic E-state index is 9.93. The largest absolute Gasteiger partial charge is 0.393 e. The van der Waals surface area contributed by atoms with E-state index in [0.717, 1.165) is 37.8 Å². The summed E-state index contributed by atoms with van der Waals surface area (Å²) in [7, 11) is 2.16. The summed E-state index contributed by atoms with van der Waals surface area (Å²) in [5.41, 5.74) is 3.50. The molecule has 3 rings (SSSR count). The fourth-order valence-electron chi connectivity index (χ4n) is 3.38. The van der Waals surface area contributed by atoms with E-state index in [1.54, 1.807) is 0 Å². The monoisotopic (exact) mass is 273 g/mol. The number of rotatable bonds is 3. The highest BCUT2D eigenvalue weighted by atomic mass is 16.3. The highest BCUT2D eigenvalue weighted by Crippen LogP contribution is 2.33. The maximum Gasteiger partial charge on any atom is 0.139 e. The van der Waals surface area contributed by atoms with Crippen molar-refractivity contribution in [3.8, 4) is 0 Å². The molecule has 0 radical (unpaired) electrons. The molecular weight excluding hydrogens is 250 g/mol. The van der Waals surface area contributed by atoms with Crippen LogP contribution >= 0.6 is 0 Å². The van der Waals surface area contributed by atoms with Crippen LogP contribution in [0.1, 0.15) is 38.2 Å².